The molecule has 1 atom stereocenters. The van der Waals surface area contributed by atoms with Gasteiger partial charge in [0.2, 0.25) is 5.54 Å². The van der Waals surface area contributed by atoms with Crippen LogP contribution < -0.4 is 16.4 Å². The molecule has 198 valence electrons. The van der Waals surface area contributed by atoms with E-state index < -0.39 is 46.7 Å². The number of hydrogen-bond donors (Lipinski definition) is 2. The van der Waals surface area contributed by atoms with E-state index in [-0.39, 0.29) is 22.9 Å². The van der Waals surface area contributed by atoms with Crippen molar-refractivity contribution in [3.63, 3.8) is 0 Å². The topological polar surface area (TPSA) is 119 Å². The molecule has 2 aromatic carbocycles. The van der Waals surface area contributed by atoms with Gasteiger partial charge in [-0.1, -0.05) is 29.5 Å². The Labute approximate surface area is 218 Å². The highest BCUT2D eigenvalue weighted by Crippen LogP contribution is 2.48. The minimum atomic E-state index is -4.27. The Bertz CT molecular complexity index is 1400. The van der Waals surface area contributed by atoms with E-state index >= 15 is 8.78 Å². The zero-order chi connectivity index (χ0) is 27.9. The lowest BCUT2D eigenvalue weighted by Gasteiger charge is -2.36. The molecule has 0 fully saturated rings. The minimum absolute atomic E-state index is 0.0869. The van der Waals surface area contributed by atoms with Gasteiger partial charge in [-0.25, -0.2) is 19.0 Å². The standard InChI is InChI=1S/C24H18ClF5N6O2/c25-16-4-7-21(20(28)10-16)38-9-1-2-15-3-8-22(33-12-15)24(29,30)23(35-37,13-36(32)14-34-31)18-6-5-17(26)11-19(18)27/h3-8,10-12,14H,9,13,31-32H2/b34-14-. The molecule has 0 radical (unpaired) electrons. The van der Waals surface area contributed by atoms with Crippen LogP contribution in [0.2, 0.25) is 5.02 Å². The van der Waals surface area contributed by atoms with Gasteiger partial charge < -0.3 is 10.6 Å². The maximum absolute atomic E-state index is 15.9. The predicted octanol–water partition coefficient (Wildman–Crippen LogP) is 4.41. The molecule has 0 spiro atoms. The summed E-state index contributed by atoms with van der Waals surface area (Å²) in [7, 11) is 0. The van der Waals surface area contributed by atoms with Crippen LogP contribution in [0.15, 0.2) is 65.0 Å². The van der Waals surface area contributed by atoms with E-state index in [4.69, 9.17) is 28.0 Å². The lowest BCUT2D eigenvalue weighted by molar-refractivity contribution is -0.0958. The highest BCUT2D eigenvalue weighted by Gasteiger charge is 2.61. The smallest absolute Gasteiger partial charge is 0.323 e. The van der Waals surface area contributed by atoms with Crippen LogP contribution in [0.5, 0.6) is 5.75 Å². The monoisotopic (exact) mass is 552 g/mol. The molecule has 0 aliphatic heterocycles. The van der Waals surface area contributed by atoms with Crippen molar-refractivity contribution < 1.29 is 26.7 Å². The number of halogens is 6. The van der Waals surface area contributed by atoms with Crippen LogP contribution in [0.25, 0.3) is 0 Å². The number of nitrogens with two attached hydrogens (primary N) is 2. The number of pyridine rings is 1. The number of ether oxygens (including phenoxy) is 1. The Morgan fingerprint density at radius 2 is 1.87 bits per heavy atom. The summed E-state index contributed by atoms with van der Waals surface area (Å²) >= 11 is 5.67. The Morgan fingerprint density at radius 3 is 2.47 bits per heavy atom. The number of hydrazine groups is 1. The quantitative estimate of drug-likeness (QED) is 0.0772. The van der Waals surface area contributed by atoms with Gasteiger partial charge in [-0.2, -0.15) is 13.9 Å². The Hall–Kier alpha value is -4.28. The number of benzene rings is 2. The molecule has 0 amide bonds. The molecule has 0 saturated heterocycles. The van der Waals surface area contributed by atoms with Gasteiger partial charge in [0, 0.05) is 28.4 Å². The first-order valence-electron chi connectivity index (χ1n) is 10.5. The van der Waals surface area contributed by atoms with Crippen LogP contribution in [0.3, 0.4) is 0 Å². The molecule has 8 nitrogen and oxygen atoms in total. The molecular weight excluding hydrogens is 535 g/mol. The van der Waals surface area contributed by atoms with Gasteiger partial charge in [-0.05, 0) is 41.6 Å². The first kappa shape index (κ1) is 28.3. The normalized spacial score (nSPS) is 12.9. The summed E-state index contributed by atoms with van der Waals surface area (Å²) in [5, 5.41) is 6.33. The third-order valence-corrected chi connectivity index (χ3v) is 5.43. The number of nitroso groups, excluding NO2 is 1. The van der Waals surface area contributed by atoms with Crippen molar-refractivity contribution in [2.24, 2.45) is 22.0 Å². The van der Waals surface area contributed by atoms with Crippen molar-refractivity contribution >= 4 is 17.9 Å². The van der Waals surface area contributed by atoms with Crippen molar-refractivity contribution in [1.82, 2.24) is 9.99 Å². The zero-order valence-corrected chi connectivity index (χ0v) is 20.0. The average molecular weight is 553 g/mol. The van der Waals surface area contributed by atoms with E-state index in [0.29, 0.717) is 29.5 Å². The SMILES string of the molecule is N/N=C\N(N)CC(N=O)(c1ccc(F)cc1F)C(F)(F)c1ccc(C#CCOc2ccc(Cl)cc2F)cn1. The van der Waals surface area contributed by atoms with Crippen molar-refractivity contribution in [2.45, 2.75) is 11.5 Å². The molecule has 0 aliphatic rings. The molecule has 0 bridgehead atoms. The third kappa shape index (κ3) is 5.99. The molecule has 3 rings (SSSR count). The molecular formula is C24H18ClF5N6O2. The maximum atomic E-state index is 15.9. The van der Waals surface area contributed by atoms with Gasteiger partial charge in [0.05, 0.1) is 6.54 Å². The second kappa shape index (κ2) is 11.8. The second-order valence-corrected chi connectivity index (χ2v) is 8.12. The molecule has 0 aliphatic carbocycles. The number of aromatic nitrogens is 1. The first-order valence-corrected chi connectivity index (χ1v) is 10.9. The summed E-state index contributed by atoms with van der Waals surface area (Å²) in [4.78, 5) is 15.6. The van der Waals surface area contributed by atoms with E-state index in [0.717, 1.165) is 24.4 Å². The molecule has 1 heterocycles. The molecule has 0 saturated carbocycles. The summed E-state index contributed by atoms with van der Waals surface area (Å²) in [5.74, 6) is 8.16. The Kier molecular flexibility index (Phi) is 8.82. The lowest BCUT2D eigenvalue weighted by atomic mass is 9.81. The fourth-order valence-corrected chi connectivity index (χ4v) is 3.57. The molecule has 3 aromatic rings. The summed E-state index contributed by atoms with van der Waals surface area (Å²) in [6, 6.07) is 7.49. The van der Waals surface area contributed by atoms with Crippen molar-refractivity contribution in [2.75, 3.05) is 13.2 Å². The molecule has 4 N–H and O–H groups in total. The third-order valence-electron chi connectivity index (χ3n) is 5.19. The van der Waals surface area contributed by atoms with Gasteiger partial charge in [-0.15, -0.1) is 4.91 Å². The van der Waals surface area contributed by atoms with Gasteiger partial charge >= 0.3 is 5.92 Å². The van der Waals surface area contributed by atoms with Crippen LogP contribution in [0.1, 0.15) is 16.8 Å². The fraction of sp³-hybridized carbons (Fsp3) is 0.167. The Balaban J connectivity index is 1.91. The highest BCUT2D eigenvalue weighted by atomic mass is 35.5. The maximum Gasteiger partial charge on any atom is 0.323 e. The van der Waals surface area contributed by atoms with E-state index in [9.17, 15) is 18.1 Å². The number of hydrazone groups is 1. The minimum Gasteiger partial charge on any atom is -0.478 e. The number of alkyl halides is 2. The molecule has 14 heteroatoms. The second-order valence-electron chi connectivity index (χ2n) is 7.68. The van der Waals surface area contributed by atoms with E-state index in [1.165, 1.54) is 12.1 Å². The van der Waals surface area contributed by atoms with E-state index in [2.05, 4.69) is 27.1 Å². The van der Waals surface area contributed by atoms with Crippen LogP contribution in [-0.2, 0) is 11.5 Å². The van der Waals surface area contributed by atoms with Crippen LogP contribution in [-0.4, -0.2) is 29.5 Å². The zero-order valence-electron chi connectivity index (χ0n) is 19.2. The van der Waals surface area contributed by atoms with Crippen molar-refractivity contribution in [3.05, 3.63) is 98.9 Å². The summed E-state index contributed by atoms with van der Waals surface area (Å²) < 4.78 is 78.8. The Morgan fingerprint density at radius 1 is 1.11 bits per heavy atom. The van der Waals surface area contributed by atoms with Crippen LogP contribution in [0.4, 0.5) is 22.0 Å². The number of nitrogens with zero attached hydrogens (tertiary/aromatic N) is 4. The first-order chi connectivity index (χ1) is 18.0. The van der Waals surface area contributed by atoms with Gasteiger partial charge in [-0.3, -0.25) is 9.99 Å². The van der Waals surface area contributed by atoms with Gasteiger partial charge in [0.25, 0.3) is 0 Å². The lowest BCUT2D eigenvalue weighted by Crippen LogP contribution is -2.52. The van der Waals surface area contributed by atoms with E-state index in [1.54, 1.807) is 0 Å². The fourth-order valence-electron chi connectivity index (χ4n) is 3.41. The van der Waals surface area contributed by atoms with Gasteiger partial charge in [0.15, 0.2) is 11.6 Å². The average Bonchev–Trinajstić information content (AvgIpc) is 2.87. The largest absolute Gasteiger partial charge is 0.478 e. The van der Waals surface area contributed by atoms with Crippen molar-refractivity contribution in [3.8, 4) is 17.6 Å². The van der Waals surface area contributed by atoms with Gasteiger partial charge in [0.1, 0.15) is 30.3 Å². The molecule has 38 heavy (non-hydrogen) atoms. The molecule has 1 unspecified atom stereocenters. The van der Waals surface area contributed by atoms with Crippen molar-refractivity contribution in [1.29, 1.82) is 0 Å². The van der Waals surface area contributed by atoms with Crippen LogP contribution in [0, 0.1) is 34.2 Å². The highest BCUT2D eigenvalue weighted by molar-refractivity contribution is 6.30. The number of hydrogen-bond acceptors (Lipinski definition) is 7. The van der Waals surface area contributed by atoms with E-state index in [1.807, 2.05) is 0 Å². The summed E-state index contributed by atoms with van der Waals surface area (Å²) in [6.07, 6.45) is 1.68. The molecule has 1 aromatic heterocycles. The number of rotatable bonds is 9. The summed E-state index contributed by atoms with van der Waals surface area (Å²) in [6.45, 7) is -1.35. The summed E-state index contributed by atoms with van der Waals surface area (Å²) in [5.41, 5.74) is -4.96. The van der Waals surface area contributed by atoms with Crippen LogP contribution >= 0.6 is 11.6 Å². The predicted molar refractivity (Wildman–Crippen MR) is 129 cm³/mol.